The molecule has 2 heterocycles. The summed E-state index contributed by atoms with van der Waals surface area (Å²) in [5.74, 6) is -0.225. The zero-order valence-corrected chi connectivity index (χ0v) is 20.8. The zero-order chi connectivity index (χ0) is 24.9. The molecule has 0 radical (unpaired) electrons. The third kappa shape index (κ3) is 6.18. The highest BCUT2D eigenvalue weighted by Crippen LogP contribution is 2.26. The van der Waals surface area contributed by atoms with Gasteiger partial charge in [0.1, 0.15) is 11.3 Å². The maximum Gasteiger partial charge on any atom is 0.410 e. The molecule has 2 aromatic rings. The number of rotatable bonds is 6. The minimum Gasteiger partial charge on any atom is -0.444 e. The standard InChI is InChI=1S/C26H36N4O4/c1-6-28(7-2)24(32)19-10-12-20(13-11-19)27-23(31)22-9-8-16-30(22)21-14-17-29(18-15-21)25(33)34-26(3,4)5/h8-13,16,21H,6-7,14-15,17-18H2,1-5H3,(H,27,31). The van der Waals surface area contributed by atoms with Gasteiger partial charge in [-0.2, -0.15) is 0 Å². The number of nitrogens with one attached hydrogen (secondary N) is 1. The van der Waals surface area contributed by atoms with Crippen LogP contribution in [0.25, 0.3) is 0 Å². The normalized spacial score (nSPS) is 14.6. The van der Waals surface area contributed by atoms with Crippen molar-refractivity contribution in [2.45, 2.75) is 59.1 Å². The Morgan fingerprint density at radius 3 is 2.21 bits per heavy atom. The molecule has 0 spiro atoms. The highest BCUT2D eigenvalue weighted by molar-refractivity contribution is 6.03. The van der Waals surface area contributed by atoms with Crippen molar-refractivity contribution in [1.29, 1.82) is 0 Å². The van der Waals surface area contributed by atoms with Crippen LogP contribution in [0.5, 0.6) is 0 Å². The van der Waals surface area contributed by atoms with Crippen molar-refractivity contribution in [2.75, 3.05) is 31.5 Å². The molecule has 0 atom stereocenters. The number of aromatic nitrogens is 1. The molecule has 3 rings (SSSR count). The van der Waals surface area contributed by atoms with Gasteiger partial charge in [0.15, 0.2) is 0 Å². The van der Waals surface area contributed by atoms with E-state index in [-0.39, 0.29) is 23.9 Å². The van der Waals surface area contributed by atoms with E-state index in [2.05, 4.69) is 5.32 Å². The number of likely N-dealkylation sites (tertiary alicyclic amines) is 1. The average Bonchev–Trinajstić information content (AvgIpc) is 3.29. The SMILES string of the molecule is CCN(CC)C(=O)c1ccc(NC(=O)c2cccn2C2CCN(C(=O)OC(C)(C)C)CC2)cc1. The first kappa shape index (κ1) is 25.3. The number of anilines is 1. The van der Waals surface area contributed by atoms with Gasteiger partial charge in [0.05, 0.1) is 0 Å². The maximum atomic E-state index is 13.0. The van der Waals surface area contributed by atoms with Crippen molar-refractivity contribution in [2.24, 2.45) is 0 Å². The molecule has 1 aliphatic heterocycles. The zero-order valence-electron chi connectivity index (χ0n) is 20.8. The molecule has 0 unspecified atom stereocenters. The second-order valence-electron chi connectivity index (χ2n) is 9.51. The fraction of sp³-hybridized carbons (Fsp3) is 0.500. The Kier molecular flexibility index (Phi) is 8.02. The van der Waals surface area contributed by atoms with Gasteiger partial charge in [-0.15, -0.1) is 0 Å². The van der Waals surface area contributed by atoms with E-state index < -0.39 is 5.60 Å². The molecule has 1 fully saturated rings. The highest BCUT2D eigenvalue weighted by atomic mass is 16.6. The van der Waals surface area contributed by atoms with E-state index >= 15 is 0 Å². The third-order valence-electron chi connectivity index (χ3n) is 5.96. The third-order valence-corrected chi connectivity index (χ3v) is 5.96. The van der Waals surface area contributed by atoms with Crippen molar-refractivity contribution in [3.8, 4) is 0 Å². The molecule has 0 bridgehead atoms. The number of carbonyl (C=O) groups excluding carboxylic acids is 3. The van der Waals surface area contributed by atoms with Gasteiger partial charge in [0, 0.05) is 49.7 Å². The minimum absolute atomic E-state index is 0.0190. The first-order valence-electron chi connectivity index (χ1n) is 12.0. The number of carbonyl (C=O) groups is 3. The summed E-state index contributed by atoms with van der Waals surface area (Å²) in [6.45, 7) is 12.0. The van der Waals surface area contributed by atoms with E-state index in [4.69, 9.17) is 4.74 Å². The van der Waals surface area contributed by atoms with E-state index in [0.29, 0.717) is 43.1 Å². The first-order chi connectivity index (χ1) is 16.1. The van der Waals surface area contributed by atoms with Crippen LogP contribution in [0.1, 0.15) is 74.3 Å². The van der Waals surface area contributed by atoms with Crippen molar-refractivity contribution in [3.63, 3.8) is 0 Å². The van der Waals surface area contributed by atoms with E-state index in [1.165, 1.54) is 0 Å². The summed E-state index contributed by atoms with van der Waals surface area (Å²) in [6.07, 6.45) is 3.11. The highest BCUT2D eigenvalue weighted by Gasteiger charge is 2.28. The van der Waals surface area contributed by atoms with Crippen molar-refractivity contribution >= 4 is 23.6 Å². The number of amides is 3. The Morgan fingerprint density at radius 1 is 1.03 bits per heavy atom. The smallest absolute Gasteiger partial charge is 0.410 e. The Morgan fingerprint density at radius 2 is 1.65 bits per heavy atom. The van der Waals surface area contributed by atoms with Gasteiger partial charge >= 0.3 is 6.09 Å². The molecule has 8 nitrogen and oxygen atoms in total. The number of hydrogen-bond donors (Lipinski definition) is 1. The summed E-state index contributed by atoms with van der Waals surface area (Å²) >= 11 is 0. The molecular formula is C26H36N4O4. The van der Waals surface area contributed by atoms with Crippen LogP contribution in [-0.2, 0) is 4.74 Å². The fourth-order valence-corrected chi connectivity index (χ4v) is 4.14. The molecule has 8 heteroatoms. The molecule has 0 aliphatic carbocycles. The van der Waals surface area contributed by atoms with E-state index in [1.807, 2.05) is 51.4 Å². The van der Waals surface area contributed by atoms with Crippen LogP contribution in [0.4, 0.5) is 10.5 Å². The molecule has 3 amide bonds. The molecule has 1 saturated heterocycles. The Hall–Kier alpha value is -3.29. The number of piperidine rings is 1. The molecule has 1 N–H and O–H groups in total. The van der Waals surface area contributed by atoms with E-state index in [1.54, 1.807) is 40.1 Å². The van der Waals surface area contributed by atoms with Crippen LogP contribution in [0.2, 0.25) is 0 Å². The lowest BCUT2D eigenvalue weighted by molar-refractivity contribution is 0.0187. The quantitative estimate of drug-likeness (QED) is 0.660. The monoisotopic (exact) mass is 468 g/mol. The van der Waals surface area contributed by atoms with Gasteiger partial charge in [-0.05, 0) is 83.9 Å². The largest absolute Gasteiger partial charge is 0.444 e. The summed E-state index contributed by atoms with van der Waals surface area (Å²) in [7, 11) is 0. The molecule has 1 aliphatic rings. The minimum atomic E-state index is -0.517. The van der Waals surface area contributed by atoms with Crippen LogP contribution >= 0.6 is 0 Å². The van der Waals surface area contributed by atoms with E-state index in [9.17, 15) is 14.4 Å². The van der Waals surface area contributed by atoms with Gasteiger partial charge in [0.2, 0.25) is 0 Å². The molecule has 0 saturated carbocycles. The van der Waals surface area contributed by atoms with Crippen LogP contribution in [0.3, 0.4) is 0 Å². The molecule has 1 aromatic carbocycles. The molecule has 184 valence electrons. The van der Waals surface area contributed by atoms with Crippen LogP contribution < -0.4 is 5.32 Å². The Balaban J connectivity index is 1.61. The van der Waals surface area contributed by atoms with Crippen molar-refractivity contribution < 1.29 is 19.1 Å². The van der Waals surface area contributed by atoms with Crippen molar-refractivity contribution in [1.82, 2.24) is 14.4 Å². The van der Waals surface area contributed by atoms with Gasteiger partial charge in [0.25, 0.3) is 11.8 Å². The predicted octanol–water partition coefficient (Wildman–Crippen LogP) is 4.79. The summed E-state index contributed by atoms with van der Waals surface area (Å²) in [5, 5.41) is 2.93. The van der Waals surface area contributed by atoms with Crippen LogP contribution in [0.15, 0.2) is 42.6 Å². The fourth-order valence-electron chi connectivity index (χ4n) is 4.14. The Labute approximate surface area is 201 Å². The Bertz CT molecular complexity index is 995. The summed E-state index contributed by atoms with van der Waals surface area (Å²) in [5.41, 5.74) is 1.28. The second-order valence-corrected chi connectivity index (χ2v) is 9.51. The summed E-state index contributed by atoms with van der Waals surface area (Å²) < 4.78 is 7.46. The van der Waals surface area contributed by atoms with Gasteiger partial charge < -0.3 is 24.4 Å². The lowest BCUT2D eigenvalue weighted by atomic mass is 10.0. The van der Waals surface area contributed by atoms with Crippen molar-refractivity contribution in [3.05, 3.63) is 53.9 Å². The predicted molar refractivity (Wildman–Crippen MR) is 132 cm³/mol. The summed E-state index contributed by atoms with van der Waals surface area (Å²) in [4.78, 5) is 41.3. The summed E-state index contributed by atoms with van der Waals surface area (Å²) in [6, 6.07) is 10.8. The molecular weight excluding hydrogens is 432 g/mol. The topological polar surface area (TPSA) is 83.9 Å². The molecule has 34 heavy (non-hydrogen) atoms. The van der Waals surface area contributed by atoms with Gasteiger partial charge in [-0.1, -0.05) is 0 Å². The lowest BCUT2D eigenvalue weighted by Gasteiger charge is -2.34. The van der Waals surface area contributed by atoms with Gasteiger partial charge in [-0.3, -0.25) is 9.59 Å². The lowest BCUT2D eigenvalue weighted by Crippen LogP contribution is -2.42. The van der Waals surface area contributed by atoms with Crippen LogP contribution in [-0.4, -0.2) is 64.1 Å². The maximum absolute atomic E-state index is 13.0. The van der Waals surface area contributed by atoms with E-state index in [0.717, 1.165) is 12.8 Å². The second kappa shape index (κ2) is 10.8. The number of benzene rings is 1. The first-order valence-corrected chi connectivity index (χ1v) is 12.0. The number of ether oxygens (including phenoxy) is 1. The number of hydrogen-bond acceptors (Lipinski definition) is 4. The average molecular weight is 469 g/mol. The molecule has 1 aromatic heterocycles. The van der Waals surface area contributed by atoms with Crippen LogP contribution in [0, 0.1) is 0 Å². The van der Waals surface area contributed by atoms with Gasteiger partial charge in [-0.25, -0.2) is 4.79 Å². The number of nitrogens with zero attached hydrogens (tertiary/aromatic N) is 3.